The summed E-state index contributed by atoms with van der Waals surface area (Å²) in [6, 6.07) is 10.5. The topological polar surface area (TPSA) is 107 Å². The number of halogens is 1. The Bertz CT molecular complexity index is 1100. The number of ether oxygens (including phenoxy) is 1. The first-order valence-electron chi connectivity index (χ1n) is 9.05. The van der Waals surface area contributed by atoms with Crippen molar-refractivity contribution in [2.75, 3.05) is 12.0 Å². The van der Waals surface area contributed by atoms with Gasteiger partial charge in [-0.1, -0.05) is 17.8 Å². The molecule has 160 valence electrons. The summed E-state index contributed by atoms with van der Waals surface area (Å²) < 4.78 is 17.9. The lowest BCUT2D eigenvalue weighted by Crippen LogP contribution is -2.07. The number of carbonyl (C=O) groups is 1. The summed E-state index contributed by atoms with van der Waals surface area (Å²) in [5.74, 6) is -0.722. The molecule has 0 aliphatic heterocycles. The highest BCUT2D eigenvalue weighted by Gasteiger charge is 2.15. The molecule has 1 N–H and O–H groups in total. The number of hydrazone groups is 1. The standard InChI is InChI=1S/C20H17FN4O4S2/c1-2-29-19(26)10-15-12-30-20(23-15)24-22-11-13-3-8-18(17(9-13)25(27)28)31-16-6-4-14(21)5-7-16/h3-9,11-12H,2,10H2,1H3,(H,23,24). The van der Waals surface area contributed by atoms with Gasteiger partial charge < -0.3 is 4.74 Å². The zero-order chi connectivity index (χ0) is 22.2. The smallest absolute Gasteiger partial charge is 0.311 e. The first kappa shape index (κ1) is 22.4. The summed E-state index contributed by atoms with van der Waals surface area (Å²) in [6.45, 7) is 2.05. The minimum atomic E-state index is -0.473. The maximum atomic E-state index is 13.1. The number of hydrogen-bond donors (Lipinski definition) is 1. The molecule has 0 aliphatic carbocycles. The average Bonchev–Trinajstić information content (AvgIpc) is 3.17. The summed E-state index contributed by atoms with van der Waals surface area (Å²) in [4.78, 5) is 27.8. The zero-order valence-corrected chi connectivity index (χ0v) is 17.9. The normalized spacial score (nSPS) is 10.9. The van der Waals surface area contributed by atoms with Crippen molar-refractivity contribution in [3.63, 3.8) is 0 Å². The Morgan fingerprint density at radius 2 is 2.13 bits per heavy atom. The summed E-state index contributed by atoms with van der Waals surface area (Å²) in [7, 11) is 0. The molecule has 8 nitrogen and oxygen atoms in total. The third-order valence-electron chi connectivity index (χ3n) is 3.78. The molecule has 2 aromatic carbocycles. The molecule has 0 atom stereocenters. The average molecular weight is 461 g/mol. The van der Waals surface area contributed by atoms with E-state index >= 15 is 0 Å². The molecule has 0 bridgehead atoms. The predicted octanol–water partition coefficient (Wildman–Crippen LogP) is 4.89. The van der Waals surface area contributed by atoms with E-state index in [0.29, 0.717) is 32.8 Å². The van der Waals surface area contributed by atoms with Crippen molar-refractivity contribution in [3.05, 3.63) is 75.0 Å². The van der Waals surface area contributed by atoms with E-state index in [-0.39, 0.29) is 23.9 Å². The Morgan fingerprint density at radius 3 is 2.84 bits per heavy atom. The molecular weight excluding hydrogens is 443 g/mol. The van der Waals surface area contributed by atoms with Crippen LogP contribution in [0.1, 0.15) is 18.2 Å². The minimum absolute atomic E-state index is 0.0785. The lowest BCUT2D eigenvalue weighted by Gasteiger charge is -2.04. The number of aromatic nitrogens is 1. The molecule has 31 heavy (non-hydrogen) atoms. The lowest BCUT2D eigenvalue weighted by atomic mass is 10.2. The highest BCUT2D eigenvalue weighted by atomic mass is 32.2. The predicted molar refractivity (Wildman–Crippen MR) is 117 cm³/mol. The van der Waals surface area contributed by atoms with Gasteiger partial charge in [-0.3, -0.25) is 20.3 Å². The van der Waals surface area contributed by atoms with Crippen LogP contribution in [0.5, 0.6) is 0 Å². The Morgan fingerprint density at radius 1 is 1.35 bits per heavy atom. The van der Waals surface area contributed by atoms with Gasteiger partial charge in [0.15, 0.2) is 0 Å². The molecule has 3 rings (SSSR count). The van der Waals surface area contributed by atoms with Crippen molar-refractivity contribution in [2.45, 2.75) is 23.1 Å². The second kappa shape index (κ2) is 10.6. The van der Waals surface area contributed by atoms with E-state index in [0.717, 1.165) is 0 Å². The maximum absolute atomic E-state index is 13.1. The highest BCUT2D eigenvalue weighted by molar-refractivity contribution is 7.99. The lowest BCUT2D eigenvalue weighted by molar-refractivity contribution is -0.387. The molecule has 0 saturated heterocycles. The Balaban J connectivity index is 1.66. The number of rotatable bonds is 9. The molecular formula is C20H17FN4O4S2. The van der Waals surface area contributed by atoms with E-state index in [1.165, 1.54) is 47.5 Å². The zero-order valence-electron chi connectivity index (χ0n) is 16.3. The van der Waals surface area contributed by atoms with Crippen LogP contribution in [0.3, 0.4) is 0 Å². The molecule has 0 fully saturated rings. The molecule has 3 aromatic rings. The van der Waals surface area contributed by atoms with Crippen LogP contribution in [0.4, 0.5) is 15.2 Å². The molecule has 0 radical (unpaired) electrons. The largest absolute Gasteiger partial charge is 0.466 e. The second-order valence-corrected chi connectivity index (χ2v) is 8.01. The second-order valence-electron chi connectivity index (χ2n) is 6.04. The van der Waals surface area contributed by atoms with Crippen LogP contribution in [0, 0.1) is 15.9 Å². The first-order valence-corrected chi connectivity index (χ1v) is 10.7. The van der Waals surface area contributed by atoms with Gasteiger partial charge in [0.1, 0.15) is 5.82 Å². The Labute approximate surface area is 185 Å². The first-order chi connectivity index (χ1) is 14.9. The number of thiazole rings is 1. The van der Waals surface area contributed by atoms with Crippen LogP contribution in [0.25, 0.3) is 0 Å². The fourth-order valence-electron chi connectivity index (χ4n) is 2.43. The number of nitro groups is 1. The molecule has 11 heteroatoms. The van der Waals surface area contributed by atoms with Crippen LogP contribution in [0.15, 0.2) is 62.7 Å². The number of nitrogens with one attached hydrogen (secondary N) is 1. The summed E-state index contributed by atoms with van der Waals surface area (Å²) in [6.07, 6.45) is 1.51. The number of nitro benzene ring substituents is 1. The fraction of sp³-hybridized carbons (Fsp3) is 0.150. The third-order valence-corrected chi connectivity index (χ3v) is 5.65. The Kier molecular flexibility index (Phi) is 7.68. The van der Waals surface area contributed by atoms with Gasteiger partial charge in [-0.25, -0.2) is 9.37 Å². The number of hydrogen-bond acceptors (Lipinski definition) is 9. The molecule has 0 spiro atoms. The highest BCUT2D eigenvalue weighted by Crippen LogP contribution is 2.35. The van der Waals surface area contributed by atoms with Gasteiger partial charge >= 0.3 is 5.97 Å². The molecule has 0 unspecified atom stereocenters. The Hall–Kier alpha value is -3.31. The van der Waals surface area contributed by atoms with Gasteiger partial charge in [0.25, 0.3) is 5.69 Å². The minimum Gasteiger partial charge on any atom is -0.466 e. The fourth-order valence-corrected chi connectivity index (χ4v) is 3.99. The molecule has 0 aliphatic rings. The van der Waals surface area contributed by atoms with Crippen molar-refractivity contribution in [2.24, 2.45) is 5.10 Å². The van der Waals surface area contributed by atoms with Crippen LogP contribution in [-0.4, -0.2) is 28.7 Å². The van der Waals surface area contributed by atoms with Crippen molar-refractivity contribution in [3.8, 4) is 0 Å². The quantitative estimate of drug-likeness (QED) is 0.210. The number of benzene rings is 2. The van der Waals surface area contributed by atoms with Crippen LogP contribution in [0.2, 0.25) is 0 Å². The number of carbonyl (C=O) groups excluding carboxylic acids is 1. The molecule has 0 saturated carbocycles. The van der Waals surface area contributed by atoms with E-state index in [1.807, 2.05) is 0 Å². The van der Waals surface area contributed by atoms with Gasteiger partial charge in [0.05, 0.1) is 34.8 Å². The summed E-state index contributed by atoms with van der Waals surface area (Å²) in [5.41, 5.74) is 3.75. The molecule has 1 aromatic heterocycles. The summed E-state index contributed by atoms with van der Waals surface area (Å²) in [5, 5.41) is 17.7. The number of nitrogens with zero attached hydrogens (tertiary/aromatic N) is 3. The van der Waals surface area contributed by atoms with Gasteiger partial charge in [-0.05, 0) is 37.3 Å². The van der Waals surface area contributed by atoms with Gasteiger partial charge in [-0.2, -0.15) is 5.10 Å². The van der Waals surface area contributed by atoms with Gasteiger partial charge in [0.2, 0.25) is 5.13 Å². The molecule has 0 amide bonds. The van der Waals surface area contributed by atoms with Crippen molar-refractivity contribution in [1.29, 1.82) is 0 Å². The van der Waals surface area contributed by atoms with E-state index < -0.39 is 4.92 Å². The van der Waals surface area contributed by atoms with Crippen molar-refractivity contribution >= 4 is 46.1 Å². The van der Waals surface area contributed by atoms with Crippen LogP contribution < -0.4 is 5.43 Å². The summed E-state index contributed by atoms with van der Waals surface area (Å²) >= 11 is 2.45. The maximum Gasteiger partial charge on any atom is 0.311 e. The van der Waals surface area contributed by atoms with E-state index in [1.54, 1.807) is 36.6 Å². The van der Waals surface area contributed by atoms with E-state index in [4.69, 9.17) is 4.74 Å². The monoisotopic (exact) mass is 460 g/mol. The van der Waals surface area contributed by atoms with Gasteiger partial charge in [-0.15, -0.1) is 11.3 Å². The number of esters is 1. The third kappa shape index (κ3) is 6.59. The molecule has 1 heterocycles. The SMILES string of the molecule is CCOC(=O)Cc1csc(NN=Cc2ccc(Sc3ccc(F)cc3)c([N+](=O)[O-])c2)n1. The van der Waals surface area contributed by atoms with E-state index in [9.17, 15) is 19.3 Å². The van der Waals surface area contributed by atoms with E-state index in [2.05, 4.69) is 15.5 Å². The van der Waals surface area contributed by atoms with Crippen LogP contribution >= 0.6 is 23.1 Å². The van der Waals surface area contributed by atoms with Gasteiger partial charge in [0, 0.05) is 21.9 Å². The number of anilines is 1. The van der Waals surface area contributed by atoms with Crippen molar-refractivity contribution < 1.29 is 18.8 Å². The van der Waals surface area contributed by atoms with Crippen LogP contribution in [-0.2, 0) is 16.0 Å². The van der Waals surface area contributed by atoms with Crippen molar-refractivity contribution in [1.82, 2.24) is 4.98 Å².